The van der Waals surface area contributed by atoms with Gasteiger partial charge in [-0.05, 0) is 87.1 Å². The number of fused-ring (bicyclic) bond motifs is 2. The molecule has 0 saturated carbocycles. The molecule has 6 heterocycles. The Morgan fingerprint density at radius 2 is 1.22 bits per heavy atom. The number of aromatic nitrogens is 4. The molecule has 2 fully saturated rings. The standard InChI is InChI=1S/C25H28N4O.C20H26N4O/c30-25(29-14-6-10-22-9-4-5-11-24(22)29)28-15-12-21(13-16-28)23-18-27(19-26-23)17-20-7-2-1-3-8-20;1-15-7-8-17-5-3-4-6-19(17)24(15)20(25)23-11-9-16(10-12-23)18-13-22(2)14-21-18/h1-5,7-9,11,18-19,21H,6,10,12-17H2;3-6,13-16H,7-12H2,1-2H3. The molecule has 1 unspecified atom stereocenters. The van der Waals surface area contributed by atoms with E-state index in [0.29, 0.717) is 11.8 Å². The van der Waals surface area contributed by atoms with Crippen LogP contribution in [0.5, 0.6) is 0 Å². The maximum Gasteiger partial charge on any atom is 0.324 e. The van der Waals surface area contributed by atoms with E-state index in [1.165, 1.54) is 16.7 Å². The maximum absolute atomic E-state index is 13.2. The molecule has 0 N–H and O–H groups in total. The number of benzene rings is 3. The van der Waals surface area contributed by atoms with Crippen molar-refractivity contribution in [2.24, 2.45) is 7.05 Å². The van der Waals surface area contributed by atoms with Crippen LogP contribution in [0.25, 0.3) is 0 Å². The highest BCUT2D eigenvalue weighted by Gasteiger charge is 2.34. The van der Waals surface area contributed by atoms with Crippen molar-refractivity contribution in [3.05, 3.63) is 132 Å². The summed E-state index contributed by atoms with van der Waals surface area (Å²) in [4.78, 5) is 43.6. The molecule has 1 atom stereocenters. The molecule has 2 aromatic heterocycles. The molecule has 4 amide bonds. The molecular weight excluding hydrogens is 685 g/mol. The van der Waals surface area contributed by atoms with Crippen LogP contribution in [0.4, 0.5) is 21.0 Å². The predicted octanol–water partition coefficient (Wildman–Crippen LogP) is 8.24. The Kier molecular flexibility index (Phi) is 11.0. The van der Waals surface area contributed by atoms with Crippen molar-refractivity contribution in [3.63, 3.8) is 0 Å². The number of piperidine rings is 2. The number of likely N-dealkylation sites (tertiary alicyclic amines) is 2. The van der Waals surface area contributed by atoms with E-state index in [0.717, 1.165) is 113 Å². The molecule has 0 bridgehead atoms. The molecule has 0 aliphatic carbocycles. The minimum Gasteiger partial charge on any atom is -0.340 e. The quantitative estimate of drug-likeness (QED) is 0.186. The zero-order chi connectivity index (χ0) is 37.7. The SMILES string of the molecule is CC1CCc2ccccc2N1C(=O)N1CCC(c2cn(C)cn2)CC1.O=C(N1CCC(c2cn(Cc3ccccc3)cn2)CC1)N1CCCc2ccccc21. The van der Waals surface area contributed by atoms with Crippen LogP contribution in [0.3, 0.4) is 0 Å². The summed E-state index contributed by atoms with van der Waals surface area (Å²) in [6.45, 7) is 7.05. The van der Waals surface area contributed by atoms with E-state index in [9.17, 15) is 9.59 Å². The fourth-order valence-corrected chi connectivity index (χ4v) is 8.88. The van der Waals surface area contributed by atoms with E-state index in [1.807, 2.05) is 62.1 Å². The Hall–Kier alpha value is -5.38. The first kappa shape index (κ1) is 36.6. The summed E-state index contributed by atoms with van der Waals surface area (Å²) in [5, 5.41) is 0. The van der Waals surface area contributed by atoms with E-state index in [1.54, 1.807) is 0 Å². The number of aryl methyl sites for hydroxylation is 3. The number of carbonyl (C=O) groups is 2. The van der Waals surface area contributed by atoms with Gasteiger partial charge in [0.15, 0.2) is 0 Å². The van der Waals surface area contributed by atoms with Gasteiger partial charge in [-0.2, -0.15) is 0 Å². The summed E-state index contributed by atoms with van der Waals surface area (Å²) in [5.74, 6) is 0.899. The van der Waals surface area contributed by atoms with Gasteiger partial charge in [0.1, 0.15) is 0 Å². The van der Waals surface area contributed by atoms with Crippen LogP contribution in [0, 0.1) is 0 Å². The third-order valence-corrected chi connectivity index (χ3v) is 12.0. The number of para-hydroxylation sites is 2. The fraction of sp³-hybridized carbons (Fsp3) is 0.422. The minimum absolute atomic E-state index is 0.162. The number of rotatable bonds is 4. The van der Waals surface area contributed by atoms with Gasteiger partial charge in [0.2, 0.25) is 0 Å². The Morgan fingerprint density at radius 3 is 1.89 bits per heavy atom. The van der Waals surface area contributed by atoms with E-state index in [-0.39, 0.29) is 18.1 Å². The number of hydrogen-bond acceptors (Lipinski definition) is 4. The van der Waals surface area contributed by atoms with Gasteiger partial charge < -0.3 is 18.9 Å². The average Bonchev–Trinajstić information content (AvgIpc) is 3.90. The topological polar surface area (TPSA) is 82.7 Å². The second kappa shape index (κ2) is 16.6. The minimum atomic E-state index is 0.162. The van der Waals surface area contributed by atoms with Crippen molar-refractivity contribution in [3.8, 4) is 0 Å². The van der Waals surface area contributed by atoms with E-state index < -0.39 is 0 Å². The molecule has 10 nitrogen and oxygen atoms in total. The van der Waals surface area contributed by atoms with Crippen molar-refractivity contribution in [2.45, 2.75) is 82.7 Å². The normalized spacial score (nSPS) is 19.0. The van der Waals surface area contributed by atoms with Crippen LogP contribution in [0.2, 0.25) is 0 Å². The molecule has 2 saturated heterocycles. The molecule has 0 spiro atoms. The fourth-order valence-electron chi connectivity index (χ4n) is 8.88. The maximum atomic E-state index is 13.2. The molecule has 3 aromatic carbocycles. The molecular formula is C45H54N8O2. The van der Waals surface area contributed by atoms with E-state index in [4.69, 9.17) is 0 Å². The first-order valence-electron chi connectivity index (χ1n) is 20.2. The number of amides is 4. The zero-order valence-electron chi connectivity index (χ0n) is 32.3. The van der Waals surface area contributed by atoms with Gasteiger partial charge in [-0.1, -0.05) is 66.7 Å². The number of nitrogens with zero attached hydrogens (tertiary/aromatic N) is 8. The third-order valence-electron chi connectivity index (χ3n) is 12.0. The summed E-state index contributed by atoms with van der Waals surface area (Å²) in [6.07, 6.45) is 16.2. The van der Waals surface area contributed by atoms with Crippen LogP contribution in [0.15, 0.2) is 104 Å². The Bertz CT molecular complexity index is 2060. The predicted molar refractivity (Wildman–Crippen MR) is 218 cm³/mol. The molecule has 4 aliphatic rings. The Morgan fingerprint density at radius 1 is 0.636 bits per heavy atom. The lowest BCUT2D eigenvalue weighted by atomic mass is 9.93. The molecule has 5 aromatic rings. The lowest BCUT2D eigenvalue weighted by molar-refractivity contribution is 0.184. The summed E-state index contributed by atoms with van der Waals surface area (Å²) < 4.78 is 4.16. The Balaban J connectivity index is 0.000000158. The first-order chi connectivity index (χ1) is 26.9. The van der Waals surface area contributed by atoms with Gasteiger partial charge in [0, 0.05) is 88.0 Å². The van der Waals surface area contributed by atoms with E-state index >= 15 is 0 Å². The van der Waals surface area contributed by atoms with Gasteiger partial charge in [-0.15, -0.1) is 0 Å². The van der Waals surface area contributed by atoms with Crippen LogP contribution < -0.4 is 9.80 Å². The third kappa shape index (κ3) is 8.19. The molecule has 55 heavy (non-hydrogen) atoms. The summed E-state index contributed by atoms with van der Waals surface area (Å²) >= 11 is 0. The van der Waals surface area contributed by atoms with Crippen molar-refractivity contribution >= 4 is 23.4 Å². The summed E-state index contributed by atoms with van der Waals surface area (Å²) in [5.41, 5.74) is 8.36. The average molecular weight is 739 g/mol. The van der Waals surface area contributed by atoms with Crippen LogP contribution in [-0.2, 0) is 26.4 Å². The summed E-state index contributed by atoms with van der Waals surface area (Å²) in [7, 11) is 2.00. The van der Waals surface area contributed by atoms with Gasteiger partial charge in [0.05, 0.1) is 24.0 Å². The summed E-state index contributed by atoms with van der Waals surface area (Å²) in [6, 6.07) is 27.7. The van der Waals surface area contributed by atoms with E-state index in [2.05, 4.69) is 94.5 Å². The van der Waals surface area contributed by atoms with Crippen LogP contribution in [-0.4, -0.2) is 79.7 Å². The first-order valence-corrected chi connectivity index (χ1v) is 20.2. The number of carbonyl (C=O) groups excluding carboxylic acids is 2. The highest BCUT2D eigenvalue weighted by molar-refractivity contribution is 5.94. The van der Waals surface area contributed by atoms with Crippen LogP contribution in [0.1, 0.15) is 85.4 Å². The van der Waals surface area contributed by atoms with Crippen molar-refractivity contribution in [1.82, 2.24) is 28.9 Å². The number of urea groups is 2. The second-order valence-corrected chi connectivity index (χ2v) is 15.8. The highest BCUT2D eigenvalue weighted by Crippen LogP contribution is 2.34. The van der Waals surface area contributed by atoms with Crippen molar-refractivity contribution in [2.75, 3.05) is 42.5 Å². The highest BCUT2D eigenvalue weighted by atomic mass is 16.2. The molecule has 4 aliphatic heterocycles. The second-order valence-electron chi connectivity index (χ2n) is 15.8. The smallest absolute Gasteiger partial charge is 0.324 e. The molecule has 9 rings (SSSR count). The van der Waals surface area contributed by atoms with Crippen LogP contribution >= 0.6 is 0 Å². The lowest BCUT2D eigenvalue weighted by Crippen LogP contribution is -2.51. The monoisotopic (exact) mass is 738 g/mol. The molecule has 0 radical (unpaired) electrons. The molecule has 10 heteroatoms. The van der Waals surface area contributed by atoms with Gasteiger partial charge in [-0.3, -0.25) is 9.80 Å². The Labute approximate surface area is 325 Å². The number of imidazole rings is 2. The van der Waals surface area contributed by atoms with Gasteiger partial charge in [0.25, 0.3) is 0 Å². The van der Waals surface area contributed by atoms with Gasteiger partial charge >= 0.3 is 12.1 Å². The van der Waals surface area contributed by atoms with Crippen molar-refractivity contribution in [1.29, 1.82) is 0 Å². The largest absolute Gasteiger partial charge is 0.340 e. The van der Waals surface area contributed by atoms with Crippen molar-refractivity contribution < 1.29 is 9.59 Å². The molecule has 286 valence electrons. The number of anilines is 2. The lowest BCUT2D eigenvalue weighted by Gasteiger charge is -2.40. The zero-order valence-corrected chi connectivity index (χ0v) is 32.3. The van der Waals surface area contributed by atoms with Gasteiger partial charge in [-0.25, -0.2) is 19.6 Å². The number of hydrogen-bond donors (Lipinski definition) is 0.